The van der Waals surface area contributed by atoms with Gasteiger partial charge in [0, 0.05) is 13.1 Å². The number of piperidine rings is 1. The van der Waals surface area contributed by atoms with Crippen molar-refractivity contribution in [1.29, 1.82) is 0 Å². The lowest BCUT2D eigenvalue weighted by Crippen LogP contribution is -2.56. The van der Waals surface area contributed by atoms with E-state index >= 15 is 0 Å². The van der Waals surface area contributed by atoms with Crippen molar-refractivity contribution in [2.24, 2.45) is 11.7 Å². The number of carbonyl (C=O) groups excluding carboxylic acids is 2. The summed E-state index contributed by atoms with van der Waals surface area (Å²) < 4.78 is 10.7. The molecule has 0 spiro atoms. The molecule has 1 aliphatic heterocycles. The van der Waals surface area contributed by atoms with Crippen LogP contribution in [0.4, 0.5) is 9.59 Å². The number of alkyl carbamates (subject to hydrolysis) is 1. The highest BCUT2D eigenvalue weighted by atomic mass is 16.6. The summed E-state index contributed by atoms with van der Waals surface area (Å²) >= 11 is 0. The Kier molecular flexibility index (Phi) is 6.27. The number of rotatable bonds is 2. The largest absolute Gasteiger partial charge is 0.444 e. The number of nitrogens with two attached hydrogens (primary N) is 1. The third-order valence-corrected chi connectivity index (χ3v) is 3.41. The maximum atomic E-state index is 12.2. The Morgan fingerprint density at radius 2 is 1.70 bits per heavy atom. The van der Waals surface area contributed by atoms with Crippen molar-refractivity contribution in [3.05, 3.63) is 0 Å². The second kappa shape index (κ2) is 7.38. The summed E-state index contributed by atoms with van der Waals surface area (Å²) in [4.78, 5) is 25.8. The Bertz CT molecular complexity index is 426. The molecular formula is C16H31N3O4. The fourth-order valence-corrected chi connectivity index (χ4v) is 2.40. The molecule has 2 unspecified atom stereocenters. The molecule has 0 bridgehead atoms. The number of nitrogens with one attached hydrogen (secondary N) is 1. The van der Waals surface area contributed by atoms with Crippen LogP contribution >= 0.6 is 0 Å². The fraction of sp³-hybridized carbons (Fsp3) is 0.875. The molecule has 134 valence electrons. The number of nitrogens with zero attached hydrogens (tertiary/aromatic N) is 1. The highest BCUT2D eigenvalue weighted by Gasteiger charge is 2.34. The first-order chi connectivity index (χ1) is 10.4. The van der Waals surface area contributed by atoms with Gasteiger partial charge in [-0.05, 0) is 60.4 Å². The Morgan fingerprint density at radius 1 is 1.13 bits per heavy atom. The van der Waals surface area contributed by atoms with Gasteiger partial charge in [0.25, 0.3) is 0 Å². The molecule has 3 N–H and O–H groups in total. The Hall–Kier alpha value is -1.50. The van der Waals surface area contributed by atoms with Crippen molar-refractivity contribution in [2.45, 2.75) is 65.2 Å². The molecule has 0 aromatic rings. The van der Waals surface area contributed by atoms with Gasteiger partial charge in [0.05, 0.1) is 6.04 Å². The van der Waals surface area contributed by atoms with E-state index in [-0.39, 0.29) is 18.1 Å². The molecule has 0 radical (unpaired) electrons. The summed E-state index contributed by atoms with van der Waals surface area (Å²) in [6.45, 7) is 12.3. The first-order valence-electron chi connectivity index (χ1n) is 8.09. The van der Waals surface area contributed by atoms with Crippen molar-refractivity contribution in [1.82, 2.24) is 10.2 Å². The van der Waals surface area contributed by atoms with Crippen molar-refractivity contribution in [2.75, 3.05) is 19.6 Å². The standard InChI is InChI=1S/C16H31N3O4/c1-15(2,3)22-13(20)18-12-10-19(8-7-11(12)9-17)14(21)23-16(4,5)6/h11-12H,7-10,17H2,1-6H3,(H,18,20). The van der Waals surface area contributed by atoms with Gasteiger partial charge in [-0.3, -0.25) is 0 Å². The third kappa shape index (κ3) is 7.07. The molecule has 1 aliphatic rings. The first kappa shape index (κ1) is 19.5. The molecule has 1 heterocycles. The Morgan fingerprint density at radius 3 is 2.17 bits per heavy atom. The molecule has 0 aliphatic carbocycles. The molecule has 1 rings (SSSR count). The van der Waals surface area contributed by atoms with Crippen LogP contribution < -0.4 is 11.1 Å². The van der Waals surface area contributed by atoms with E-state index in [1.165, 1.54) is 0 Å². The van der Waals surface area contributed by atoms with E-state index in [0.29, 0.717) is 19.6 Å². The van der Waals surface area contributed by atoms with E-state index in [1.54, 1.807) is 25.7 Å². The van der Waals surface area contributed by atoms with Gasteiger partial charge in [-0.1, -0.05) is 0 Å². The Balaban J connectivity index is 2.68. The van der Waals surface area contributed by atoms with E-state index in [4.69, 9.17) is 15.2 Å². The lowest BCUT2D eigenvalue weighted by Gasteiger charge is -2.39. The quantitative estimate of drug-likeness (QED) is 0.809. The van der Waals surface area contributed by atoms with Crippen LogP contribution in [0.5, 0.6) is 0 Å². The SMILES string of the molecule is CC(C)(C)OC(=O)NC1CN(C(=O)OC(C)(C)C)CCC1CN. The van der Waals surface area contributed by atoms with Crippen LogP contribution in [0.1, 0.15) is 48.0 Å². The van der Waals surface area contributed by atoms with Crippen LogP contribution in [0.2, 0.25) is 0 Å². The van der Waals surface area contributed by atoms with E-state index in [9.17, 15) is 9.59 Å². The average molecular weight is 329 g/mol. The lowest BCUT2D eigenvalue weighted by atomic mass is 9.92. The molecule has 7 nitrogen and oxygen atoms in total. The number of carbonyl (C=O) groups is 2. The molecule has 23 heavy (non-hydrogen) atoms. The molecule has 0 aromatic carbocycles. The summed E-state index contributed by atoms with van der Waals surface area (Å²) in [5.41, 5.74) is 4.68. The molecule has 2 amide bonds. The van der Waals surface area contributed by atoms with Gasteiger partial charge < -0.3 is 25.4 Å². The van der Waals surface area contributed by atoms with Crippen LogP contribution in [0.3, 0.4) is 0 Å². The summed E-state index contributed by atoms with van der Waals surface area (Å²) in [5.74, 6) is 0.112. The third-order valence-electron chi connectivity index (χ3n) is 3.41. The van der Waals surface area contributed by atoms with Crippen molar-refractivity contribution >= 4 is 12.2 Å². The summed E-state index contributed by atoms with van der Waals surface area (Å²) in [5, 5.41) is 2.83. The van der Waals surface area contributed by atoms with E-state index < -0.39 is 17.3 Å². The van der Waals surface area contributed by atoms with Crippen LogP contribution in [0.15, 0.2) is 0 Å². The van der Waals surface area contributed by atoms with Gasteiger partial charge in [-0.2, -0.15) is 0 Å². The maximum absolute atomic E-state index is 12.2. The van der Waals surface area contributed by atoms with Gasteiger partial charge in [0.1, 0.15) is 11.2 Å². The van der Waals surface area contributed by atoms with Gasteiger partial charge in [-0.25, -0.2) is 9.59 Å². The summed E-state index contributed by atoms with van der Waals surface area (Å²) in [7, 11) is 0. The van der Waals surface area contributed by atoms with Gasteiger partial charge >= 0.3 is 12.2 Å². The molecule has 7 heteroatoms. The van der Waals surface area contributed by atoms with E-state index in [2.05, 4.69) is 5.32 Å². The number of hydrogen-bond donors (Lipinski definition) is 2. The predicted molar refractivity (Wildman–Crippen MR) is 88.1 cm³/mol. The number of ether oxygens (including phenoxy) is 2. The molecule has 1 saturated heterocycles. The molecular weight excluding hydrogens is 298 g/mol. The molecule has 1 fully saturated rings. The minimum atomic E-state index is -0.568. The zero-order valence-electron chi connectivity index (χ0n) is 15.1. The van der Waals surface area contributed by atoms with Gasteiger partial charge in [-0.15, -0.1) is 0 Å². The monoisotopic (exact) mass is 329 g/mol. The minimum Gasteiger partial charge on any atom is -0.444 e. The second-order valence-electron chi connectivity index (χ2n) is 7.96. The first-order valence-corrected chi connectivity index (χ1v) is 8.09. The maximum Gasteiger partial charge on any atom is 0.410 e. The normalized spacial score (nSPS) is 22.5. The van der Waals surface area contributed by atoms with Crippen LogP contribution in [-0.2, 0) is 9.47 Å². The zero-order chi connectivity index (χ0) is 17.8. The highest BCUT2D eigenvalue weighted by molar-refractivity contribution is 5.70. The summed E-state index contributed by atoms with van der Waals surface area (Å²) in [6.07, 6.45) is -0.146. The lowest BCUT2D eigenvalue weighted by molar-refractivity contribution is 0.0110. The van der Waals surface area contributed by atoms with E-state index in [0.717, 1.165) is 6.42 Å². The smallest absolute Gasteiger partial charge is 0.410 e. The van der Waals surface area contributed by atoms with Crippen molar-refractivity contribution < 1.29 is 19.1 Å². The van der Waals surface area contributed by atoms with Crippen LogP contribution in [0, 0.1) is 5.92 Å². The fourth-order valence-electron chi connectivity index (χ4n) is 2.40. The number of likely N-dealkylation sites (tertiary alicyclic amines) is 1. The predicted octanol–water partition coefficient (Wildman–Crippen LogP) is 2.10. The van der Waals surface area contributed by atoms with E-state index in [1.807, 2.05) is 20.8 Å². The topological polar surface area (TPSA) is 93.9 Å². The Labute approximate surface area is 138 Å². The van der Waals surface area contributed by atoms with Crippen molar-refractivity contribution in [3.8, 4) is 0 Å². The zero-order valence-corrected chi connectivity index (χ0v) is 15.1. The summed E-state index contributed by atoms with van der Waals surface area (Å²) in [6, 6.07) is -0.240. The number of hydrogen-bond acceptors (Lipinski definition) is 5. The number of amides is 2. The average Bonchev–Trinajstić information content (AvgIpc) is 2.34. The molecule has 0 aromatic heterocycles. The minimum absolute atomic E-state index is 0.112. The van der Waals surface area contributed by atoms with Crippen molar-refractivity contribution in [3.63, 3.8) is 0 Å². The van der Waals surface area contributed by atoms with Gasteiger partial charge in [0.15, 0.2) is 0 Å². The van der Waals surface area contributed by atoms with Crippen LogP contribution in [0.25, 0.3) is 0 Å². The van der Waals surface area contributed by atoms with Crippen LogP contribution in [-0.4, -0.2) is 54.0 Å². The van der Waals surface area contributed by atoms with Gasteiger partial charge in [0.2, 0.25) is 0 Å². The second-order valence-corrected chi connectivity index (χ2v) is 7.96. The highest BCUT2D eigenvalue weighted by Crippen LogP contribution is 2.20. The molecule has 2 atom stereocenters. The molecule has 0 saturated carbocycles.